The van der Waals surface area contributed by atoms with Crippen LogP contribution < -0.4 is 16.0 Å². The van der Waals surface area contributed by atoms with E-state index in [4.69, 9.17) is 5.11 Å². The Labute approximate surface area is 209 Å². The van der Waals surface area contributed by atoms with Gasteiger partial charge in [-0.15, -0.1) is 0 Å². The van der Waals surface area contributed by atoms with Gasteiger partial charge in [-0.3, -0.25) is 14.9 Å². The molecule has 3 aromatic rings. The van der Waals surface area contributed by atoms with Crippen LogP contribution in [-0.4, -0.2) is 28.1 Å². The zero-order chi connectivity index (χ0) is 26.3. The van der Waals surface area contributed by atoms with Gasteiger partial charge in [0, 0.05) is 11.8 Å². The Morgan fingerprint density at radius 3 is 1.94 bits per heavy atom. The van der Waals surface area contributed by atoms with Gasteiger partial charge in [-0.25, -0.2) is 4.79 Å². The zero-order valence-electron chi connectivity index (χ0n) is 20.3. The van der Waals surface area contributed by atoms with Crippen molar-refractivity contribution < 1.29 is 24.6 Å². The van der Waals surface area contributed by atoms with Gasteiger partial charge in [-0.05, 0) is 52.4 Å². The van der Waals surface area contributed by atoms with Crippen LogP contribution in [0.4, 0.5) is 21.9 Å². The first-order valence-electron chi connectivity index (χ1n) is 11.3. The van der Waals surface area contributed by atoms with Gasteiger partial charge < -0.3 is 20.8 Å². The maximum atomic E-state index is 12.5. The fourth-order valence-electron chi connectivity index (χ4n) is 3.37. The molecule has 8 heteroatoms. The highest BCUT2D eigenvalue weighted by Gasteiger charge is 2.18. The number of carbonyl (C=O) groups is 3. The van der Waals surface area contributed by atoms with Crippen molar-refractivity contribution in [1.82, 2.24) is 0 Å². The van der Waals surface area contributed by atoms with Crippen LogP contribution in [0.25, 0.3) is 6.08 Å². The quantitative estimate of drug-likeness (QED) is 0.285. The number of aliphatic hydroxyl groups is 1. The second-order valence-electron chi connectivity index (χ2n) is 9.18. The number of hydrogen-bond acceptors (Lipinski definition) is 4. The van der Waals surface area contributed by atoms with E-state index in [0.717, 1.165) is 5.56 Å². The van der Waals surface area contributed by atoms with Gasteiger partial charge >= 0.3 is 6.09 Å². The van der Waals surface area contributed by atoms with Crippen molar-refractivity contribution in [3.05, 3.63) is 95.6 Å². The van der Waals surface area contributed by atoms with E-state index in [1.807, 2.05) is 12.1 Å². The first-order chi connectivity index (χ1) is 17.0. The van der Waals surface area contributed by atoms with Crippen LogP contribution in [-0.2, 0) is 15.0 Å². The number of hydrogen-bond donors (Lipinski definition) is 5. The van der Waals surface area contributed by atoms with Crippen LogP contribution in [0.15, 0.2) is 78.9 Å². The van der Waals surface area contributed by atoms with Crippen molar-refractivity contribution in [2.45, 2.75) is 32.3 Å². The number of aliphatic hydroxyl groups excluding tert-OH is 1. The van der Waals surface area contributed by atoms with Crippen LogP contribution in [0.3, 0.4) is 0 Å². The van der Waals surface area contributed by atoms with Crippen LogP contribution in [0.2, 0.25) is 0 Å². The summed E-state index contributed by atoms with van der Waals surface area (Å²) in [6, 6.07) is 20.5. The van der Waals surface area contributed by atoms with Crippen molar-refractivity contribution in [3.8, 4) is 0 Å². The molecule has 186 valence electrons. The lowest BCUT2D eigenvalue weighted by molar-refractivity contribution is -0.124. The van der Waals surface area contributed by atoms with Crippen molar-refractivity contribution in [2.24, 2.45) is 0 Å². The smallest absolute Gasteiger partial charge is 0.409 e. The van der Waals surface area contributed by atoms with Gasteiger partial charge in [0.2, 0.25) is 5.91 Å². The number of anilines is 3. The molecule has 36 heavy (non-hydrogen) atoms. The Kier molecular flexibility index (Phi) is 8.24. The summed E-state index contributed by atoms with van der Waals surface area (Å²) in [6.45, 7) is 6.32. The number of carbonyl (C=O) groups excluding carboxylic acids is 2. The minimum absolute atomic E-state index is 0.000956. The summed E-state index contributed by atoms with van der Waals surface area (Å²) >= 11 is 0. The molecule has 8 nitrogen and oxygen atoms in total. The average Bonchev–Trinajstić information content (AvgIpc) is 2.83. The minimum atomic E-state index is -1.35. The topological polar surface area (TPSA) is 128 Å². The molecule has 0 aliphatic carbocycles. The van der Waals surface area contributed by atoms with Crippen molar-refractivity contribution in [3.63, 3.8) is 0 Å². The van der Waals surface area contributed by atoms with Crippen molar-refractivity contribution in [2.75, 3.05) is 16.0 Å². The zero-order valence-corrected chi connectivity index (χ0v) is 20.3. The minimum Gasteiger partial charge on any atom is -0.465 e. The average molecular weight is 488 g/mol. The van der Waals surface area contributed by atoms with Crippen LogP contribution in [0.1, 0.15) is 43.6 Å². The van der Waals surface area contributed by atoms with E-state index in [9.17, 15) is 19.5 Å². The van der Waals surface area contributed by atoms with E-state index >= 15 is 0 Å². The second-order valence-corrected chi connectivity index (χ2v) is 9.18. The lowest BCUT2D eigenvalue weighted by Gasteiger charge is -2.19. The molecule has 0 aromatic heterocycles. The molecule has 1 atom stereocenters. The molecule has 0 spiro atoms. The highest BCUT2D eigenvalue weighted by atomic mass is 16.4. The van der Waals surface area contributed by atoms with E-state index in [1.54, 1.807) is 60.7 Å². The number of rotatable bonds is 7. The molecule has 1 unspecified atom stereocenters. The fraction of sp³-hybridized carbons (Fsp3) is 0.179. The number of amides is 3. The van der Waals surface area contributed by atoms with Gasteiger partial charge in [0.05, 0.1) is 11.4 Å². The third kappa shape index (κ3) is 7.28. The first kappa shape index (κ1) is 26.2. The fourth-order valence-corrected chi connectivity index (χ4v) is 3.37. The molecule has 0 radical (unpaired) electrons. The summed E-state index contributed by atoms with van der Waals surface area (Å²) in [5.74, 6) is -0.995. The van der Waals surface area contributed by atoms with Gasteiger partial charge in [-0.1, -0.05) is 69.3 Å². The van der Waals surface area contributed by atoms with Gasteiger partial charge in [0.25, 0.3) is 5.91 Å². The molecular formula is C28H29N3O5. The molecule has 3 amide bonds. The Balaban J connectivity index is 1.59. The molecule has 3 aromatic carbocycles. The summed E-state index contributed by atoms with van der Waals surface area (Å²) in [7, 11) is 0. The van der Waals surface area contributed by atoms with Gasteiger partial charge in [-0.2, -0.15) is 0 Å². The van der Waals surface area contributed by atoms with Crippen LogP contribution in [0.5, 0.6) is 0 Å². The number of nitrogens with one attached hydrogen (secondary N) is 3. The lowest BCUT2D eigenvalue weighted by Crippen LogP contribution is -2.21. The Morgan fingerprint density at radius 1 is 0.806 bits per heavy atom. The van der Waals surface area contributed by atoms with Crippen molar-refractivity contribution >= 4 is 41.0 Å². The van der Waals surface area contributed by atoms with E-state index in [2.05, 4.69) is 36.7 Å². The SMILES string of the molecule is CC(C)(C)c1ccc(NC(=O)C(O)c2ccc(/C=C/C(=O)Nc3ccccc3NC(=O)O)cc2)cc1. The van der Waals surface area contributed by atoms with Gasteiger partial charge in [0.15, 0.2) is 6.10 Å². The summed E-state index contributed by atoms with van der Waals surface area (Å²) in [4.78, 5) is 35.7. The van der Waals surface area contributed by atoms with E-state index < -0.39 is 24.0 Å². The first-order valence-corrected chi connectivity index (χ1v) is 11.3. The predicted octanol–water partition coefficient (Wildman–Crippen LogP) is 5.40. The number of benzene rings is 3. The van der Waals surface area contributed by atoms with Gasteiger partial charge in [0.1, 0.15) is 0 Å². The molecule has 0 aliphatic rings. The third-order valence-electron chi connectivity index (χ3n) is 5.37. The standard InChI is InChI=1S/C28H29N3O5/c1-28(2,3)20-13-15-21(16-14-20)29-26(34)25(33)19-11-8-18(9-12-19)10-17-24(32)30-22-6-4-5-7-23(22)31-27(35)36/h4-17,25,31,33H,1-3H3,(H,29,34)(H,30,32)(H,35,36)/b17-10+. The predicted molar refractivity (Wildman–Crippen MR) is 141 cm³/mol. The molecule has 3 rings (SSSR count). The normalized spacial score (nSPS) is 12.1. The Hall–Kier alpha value is -4.43. The van der Waals surface area contributed by atoms with Crippen LogP contribution >= 0.6 is 0 Å². The molecule has 0 saturated heterocycles. The maximum Gasteiger partial charge on any atom is 0.409 e. The molecule has 0 saturated carbocycles. The lowest BCUT2D eigenvalue weighted by atomic mass is 9.87. The molecule has 0 heterocycles. The monoisotopic (exact) mass is 487 g/mol. The van der Waals surface area contributed by atoms with Crippen LogP contribution in [0, 0.1) is 0 Å². The molecule has 0 fully saturated rings. The maximum absolute atomic E-state index is 12.5. The third-order valence-corrected chi connectivity index (χ3v) is 5.37. The van der Waals surface area contributed by atoms with E-state index in [-0.39, 0.29) is 11.1 Å². The van der Waals surface area contributed by atoms with Crippen molar-refractivity contribution in [1.29, 1.82) is 0 Å². The summed E-state index contributed by atoms with van der Waals surface area (Å²) in [6.07, 6.45) is 0.278. The van der Waals surface area contributed by atoms with E-state index in [0.29, 0.717) is 22.5 Å². The Morgan fingerprint density at radius 2 is 1.39 bits per heavy atom. The highest BCUT2D eigenvalue weighted by Crippen LogP contribution is 2.24. The number of para-hydroxylation sites is 2. The highest BCUT2D eigenvalue weighted by molar-refractivity contribution is 6.04. The number of carboxylic acid groups (broad SMARTS) is 1. The molecular weight excluding hydrogens is 458 g/mol. The largest absolute Gasteiger partial charge is 0.465 e. The molecule has 0 bridgehead atoms. The molecule has 5 N–H and O–H groups in total. The Bertz CT molecular complexity index is 1260. The second kappa shape index (κ2) is 11.3. The summed E-state index contributed by atoms with van der Waals surface area (Å²) in [5.41, 5.74) is 3.41. The van der Waals surface area contributed by atoms with E-state index in [1.165, 1.54) is 12.1 Å². The molecule has 0 aliphatic heterocycles. The summed E-state index contributed by atoms with van der Waals surface area (Å²) in [5, 5.41) is 26.9. The summed E-state index contributed by atoms with van der Waals surface area (Å²) < 4.78 is 0.